The van der Waals surface area contributed by atoms with E-state index < -0.39 is 11.5 Å². The highest BCUT2D eigenvalue weighted by atomic mass is 16.3. The summed E-state index contributed by atoms with van der Waals surface area (Å²) in [6.07, 6.45) is 1.87. The van der Waals surface area contributed by atoms with Crippen molar-refractivity contribution < 1.29 is 14.7 Å². The van der Waals surface area contributed by atoms with Gasteiger partial charge in [-0.3, -0.25) is 9.59 Å². The third-order valence-electron chi connectivity index (χ3n) is 4.72. The van der Waals surface area contributed by atoms with Gasteiger partial charge in [0.05, 0.1) is 11.6 Å². The molecule has 0 radical (unpaired) electrons. The number of nitrogens with zero attached hydrogens (tertiary/aromatic N) is 1. The average molecular weight is 273 g/mol. The number of anilines is 1. The lowest BCUT2D eigenvalue weighted by atomic mass is 9.70. The molecule has 3 atom stereocenters. The smallest absolute Gasteiger partial charge is 0.264 e. The molecule has 106 valence electrons. The van der Waals surface area contributed by atoms with Crippen LogP contribution < -0.4 is 4.90 Å². The van der Waals surface area contributed by atoms with Crippen LogP contribution in [0.3, 0.4) is 0 Å². The molecule has 4 nitrogen and oxygen atoms in total. The SMILES string of the molecule is C[C@H]1CCC(=O)[C@H]([C@@]2(O)C(=O)N(C)c3ccccc32)C1. The topological polar surface area (TPSA) is 57.6 Å². The normalized spacial score (nSPS) is 33.5. The van der Waals surface area contributed by atoms with E-state index in [0.717, 1.165) is 6.42 Å². The highest BCUT2D eigenvalue weighted by molar-refractivity contribution is 6.09. The van der Waals surface area contributed by atoms with Gasteiger partial charge in [0.1, 0.15) is 5.78 Å². The molecule has 1 saturated carbocycles. The van der Waals surface area contributed by atoms with Gasteiger partial charge in [-0.25, -0.2) is 0 Å². The zero-order chi connectivity index (χ0) is 14.5. The number of amides is 1. The minimum absolute atomic E-state index is 0.00375. The first kappa shape index (κ1) is 13.3. The Morgan fingerprint density at radius 2 is 2.00 bits per heavy atom. The number of carbonyl (C=O) groups excluding carboxylic acids is 2. The molecule has 2 aliphatic rings. The zero-order valence-corrected chi connectivity index (χ0v) is 11.8. The van der Waals surface area contributed by atoms with Gasteiger partial charge in [-0.2, -0.15) is 0 Å². The molecule has 1 N–H and O–H groups in total. The lowest BCUT2D eigenvalue weighted by molar-refractivity contribution is -0.153. The Balaban J connectivity index is 2.11. The Morgan fingerprint density at radius 1 is 1.30 bits per heavy atom. The van der Waals surface area contributed by atoms with E-state index in [2.05, 4.69) is 6.92 Å². The second-order valence-electron chi connectivity index (χ2n) is 6.05. The van der Waals surface area contributed by atoms with Crippen molar-refractivity contribution in [1.29, 1.82) is 0 Å². The van der Waals surface area contributed by atoms with E-state index >= 15 is 0 Å². The third-order valence-corrected chi connectivity index (χ3v) is 4.72. The molecule has 4 heteroatoms. The van der Waals surface area contributed by atoms with Crippen LogP contribution in [0.4, 0.5) is 5.69 Å². The number of para-hydroxylation sites is 1. The quantitative estimate of drug-likeness (QED) is 0.849. The summed E-state index contributed by atoms with van der Waals surface area (Å²) in [5.41, 5.74) is -0.414. The zero-order valence-electron chi connectivity index (χ0n) is 11.8. The molecule has 0 aromatic heterocycles. The third kappa shape index (κ3) is 1.64. The van der Waals surface area contributed by atoms with Crippen LogP contribution in [-0.4, -0.2) is 23.8 Å². The van der Waals surface area contributed by atoms with E-state index in [-0.39, 0.29) is 11.7 Å². The van der Waals surface area contributed by atoms with Crippen molar-refractivity contribution in [3.8, 4) is 0 Å². The van der Waals surface area contributed by atoms with Crippen LogP contribution in [0.15, 0.2) is 24.3 Å². The summed E-state index contributed by atoms with van der Waals surface area (Å²) in [7, 11) is 1.65. The number of aliphatic hydroxyl groups is 1. The van der Waals surface area contributed by atoms with E-state index in [1.165, 1.54) is 4.90 Å². The van der Waals surface area contributed by atoms with E-state index in [1.807, 2.05) is 12.1 Å². The number of rotatable bonds is 1. The molecule has 1 aromatic carbocycles. The fourth-order valence-corrected chi connectivity index (χ4v) is 3.52. The second kappa shape index (κ2) is 4.42. The predicted molar refractivity (Wildman–Crippen MR) is 75.3 cm³/mol. The van der Waals surface area contributed by atoms with Gasteiger partial charge in [-0.15, -0.1) is 0 Å². The maximum atomic E-state index is 12.6. The van der Waals surface area contributed by atoms with E-state index in [9.17, 15) is 14.7 Å². The molecule has 3 rings (SSSR count). The first-order valence-electron chi connectivity index (χ1n) is 7.09. The van der Waals surface area contributed by atoms with Gasteiger partial charge >= 0.3 is 0 Å². The molecule has 1 aliphatic heterocycles. The van der Waals surface area contributed by atoms with Gasteiger partial charge in [-0.05, 0) is 24.8 Å². The Morgan fingerprint density at radius 3 is 2.75 bits per heavy atom. The van der Waals surface area contributed by atoms with Crippen molar-refractivity contribution in [1.82, 2.24) is 0 Å². The average Bonchev–Trinajstić information content (AvgIpc) is 2.65. The summed E-state index contributed by atoms with van der Waals surface area (Å²) in [5, 5.41) is 11.1. The van der Waals surface area contributed by atoms with Gasteiger partial charge in [0.2, 0.25) is 0 Å². The number of Topliss-reactive ketones (excluding diaryl/α,β-unsaturated/α-hetero) is 1. The van der Waals surface area contributed by atoms with Crippen LogP contribution in [0.25, 0.3) is 0 Å². The molecular formula is C16H19NO3. The molecule has 1 aromatic rings. The van der Waals surface area contributed by atoms with Crippen molar-refractivity contribution in [3.05, 3.63) is 29.8 Å². The van der Waals surface area contributed by atoms with Gasteiger partial charge in [-0.1, -0.05) is 25.1 Å². The molecule has 1 aliphatic carbocycles. The van der Waals surface area contributed by atoms with Gasteiger partial charge in [0.15, 0.2) is 5.60 Å². The molecule has 1 amide bonds. The minimum atomic E-state index is -1.68. The largest absolute Gasteiger partial charge is 0.375 e. The fraction of sp³-hybridized carbons (Fsp3) is 0.500. The van der Waals surface area contributed by atoms with Crippen molar-refractivity contribution in [3.63, 3.8) is 0 Å². The van der Waals surface area contributed by atoms with Gasteiger partial charge in [0.25, 0.3) is 5.91 Å². The number of fused-ring (bicyclic) bond motifs is 1. The van der Waals surface area contributed by atoms with Crippen LogP contribution in [0.2, 0.25) is 0 Å². The molecule has 1 heterocycles. The van der Waals surface area contributed by atoms with Crippen LogP contribution in [0.5, 0.6) is 0 Å². The lowest BCUT2D eigenvalue weighted by Gasteiger charge is -2.35. The highest BCUT2D eigenvalue weighted by Gasteiger charge is 2.56. The predicted octanol–water partition coefficient (Wildman–Crippen LogP) is 1.86. The van der Waals surface area contributed by atoms with Crippen LogP contribution >= 0.6 is 0 Å². The Labute approximate surface area is 118 Å². The summed E-state index contributed by atoms with van der Waals surface area (Å²) < 4.78 is 0. The Hall–Kier alpha value is -1.68. The number of carbonyl (C=O) groups is 2. The molecule has 0 saturated heterocycles. The van der Waals surface area contributed by atoms with Crippen molar-refractivity contribution in [2.45, 2.75) is 31.8 Å². The summed E-state index contributed by atoms with van der Waals surface area (Å²) in [5.74, 6) is -0.646. The molecule has 0 unspecified atom stereocenters. The summed E-state index contributed by atoms with van der Waals surface area (Å²) >= 11 is 0. The lowest BCUT2D eigenvalue weighted by Crippen LogP contribution is -2.49. The summed E-state index contributed by atoms with van der Waals surface area (Å²) in [4.78, 5) is 26.3. The highest BCUT2D eigenvalue weighted by Crippen LogP contribution is 2.47. The van der Waals surface area contributed by atoms with Crippen LogP contribution in [-0.2, 0) is 15.2 Å². The van der Waals surface area contributed by atoms with Crippen molar-refractivity contribution in [2.75, 3.05) is 11.9 Å². The monoisotopic (exact) mass is 273 g/mol. The minimum Gasteiger partial charge on any atom is -0.375 e. The first-order valence-corrected chi connectivity index (χ1v) is 7.09. The molecule has 1 fully saturated rings. The molecular weight excluding hydrogens is 254 g/mol. The number of ketones is 1. The number of likely N-dealkylation sites (N-methyl/N-ethyl adjacent to an activating group) is 1. The summed E-state index contributed by atoms with van der Waals surface area (Å²) in [6, 6.07) is 7.19. The second-order valence-corrected chi connectivity index (χ2v) is 6.05. The number of hydrogen-bond acceptors (Lipinski definition) is 3. The van der Waals surface area contributed by atoms with Crippen LogP contribution in [0, 0.1) is 11.8 Å². The van der Waals surface area contributed by atoms with Crippen LogP contribution in [0.1, 0.15) is 31.7 Å². The maximum Gasteiger partial charge on any atom is 0.264 e. The number of benzene rings is 1. The van der Waals surface area contributed by atoms with E-state index in [4.69, 9.17) is 0 Å². The van der Waals surface area contributed by atoms with Crippen molar-refractivity contribution >= 4 is 17.4 Å². The molecule has 20 heavy (non-hydrogen) atoms. The number of hydrogen-bond donors (Lipinski definition) is 1. The van der Waals surface area contributed by atoms with Gasteiger partial charge in [0, 0.05) is 19.0 Å². The van der Waals surface area contributed by atoms with E-state index in [0.29, 0.717) is 30.0 Å². The molecule has 0 bridgehead atoms. The Kier molecular flexibility index (Phi) is 2.94. The maximum absolute atomic E-state index is 12.6. The summed E-state index contributed by atoms with van der Waals surface area (Å²) in [6.45, 7) is 2.07. The van der Waals surface area contributed by atoms with E-state index in [1.54, 1.807) is 19.2 Å². The fourth-order valence-electron chi connectivity index (χ4n) is 3.52. The molecule has 0 spiro atoms. The van der Waals surface area contributed by atoms with Crippen molar-refractivity contribution in [2.24, 2.45) is 11.8 Å². The first-order chi connectivity index (χ1) is 9.46. The Bertz CT molecular complexity index is 583. The standard InChI is InChI=1S/C16H19NO3/c1-10-7-8-14(18)12(9-10)16(20)11-5-3-4-6-13(11)17(2)15(16)19/h3-6,10,12,20H,7-9H2,1-2H3/t10-,12+,16+/m0/s1. The van der Waals surface area contributed by atoms with Gasteiger partial charge < -0.3 is 10.0 Å².